The van der Waals surface area contributed by atoms with Gasteiger partial charge in [0.05, 0.1) is 16.7 Å². The minimum atomic E-state index is -0.0810. The number of benzene rings is 2. The van der Waals surface area contributed by atoms with E-state index in [1.165, 1.54) is 0 Å². The molecule has 4 heteroatoms. The molecule has 3 rings (SSSR count). The number of halogens is 2. The molecule has 0 amide bonds. The second-order valence-corrected chi connectivity index (χ2v) is 5.35. The zero-order valence-corrected chi connectivity index (χ0v) is 12.4. The van der Waals surface area contributed by atoms with E-state index in [0.717, 1.165) is 16.7 Å². The van der Waals surface area contributed by atoms with Gasteiger partial charge in [0.1, 0.15) is 6.04 Å². The van der Waals surface area contributed by atoms with Crippen molar-refractivity contribution in [3.05, 3.63) is 69.2 Å². The van der Waals surface area contributed by atoms with Crippen LogP contribution in [0.2, 0.25) is 10.0 Å². The molecule has 1 atom stereocenters. The lowest BCUT2D eigenvalue weighted by Gasteiger charge is -2.10. The van der Waals surface area contributed by atoms with Crippen LogP contribution in [-0.4, -0.2) is 12.5 Å². The Kier molecular flexibility index (Phi) is 3.68. The van der Waals surface area contributed by atoms with Crippen molar-refractivity contribution in [1.29, 1.82) is 0 Å². The van der Waals surface area contributed by atoms with Crippen LogP contribution in [0.1, 0.15) is 29.7 Å². The minimum absolute atomic E-state index is 0.0810. The van der Waals surface area contributed by atoms with E-state index in [2.05, 4.69) is 17.1 Å². The molecule has 102 valence electrons. The first-order valence-electron chi connectivity index (χ1n) is 6.45. The van der Waals surface area contributed by atoms with E-state index < -0.39 is 0 Å². The van der Waals surface area contributed by atoms with E-state index in [-0.39, 0.29) is 6.04 Å². The van der Waals surface area contributed by atoms with Gasteiger partial charge in [0.15, 0.2) is 0 Å². The molecule has 0 N–H and O–H groups in total. The highest BCUT2D eigenvalue weighted by Gasteiger charge is 2.28. The van der Waals surface area contributed by atoms with E-state index in [0.29, 0.717) is 22.5 Å². The predicted molar refractivity (Wildman–Crippen MR) is 82.9 cm³/mol. The van der Waals surface area contributed by atoms with Crippen molar-refractivity contribution in [2.75, 3.05) is 6.61 Å². The number of aliphatic imine (C=N–C) groups is 1. The third kappa shape index (κ3) is 2.30. The molecular formula is C16H13Cl2NO. The summed E-state index contributed by atoms with van der Waals surface area (Å²) in [6.07, 6.45) is 0. The molecule has 2 aromatic rings. The van der Waals surface area contributed by atoms with Crippen LogP contribution < -0.4 is 0 Å². The molecule has 0 aliphatic carbocycles. The molecule has 1 aliphatic heterocycles. The van der Waals surface area contributed by atoms with Gasteiger partial charge in [-0.15, -0.1) is 0 Å². The third-order valence-corrected chi connectivity index (χ3v) is 3.98. The van der Waals surface area contributed by atoms with Crippen molar-refractivity contribution >= 4 is 29.1 Å². The summed E-state index contributed by atoms with van der Waals surface area (Å²) >= 11 is 12.3. The highest BCUT2D eigenvalue weighted by Crippen LogP contribution is 2.39. The first-order chi connectivity index (χ1) is 9.70. The van der Waals surface area contributed by atoms with E-state index in [1.54, 1.807) is 0 Å². The van der Waals surface area contributed by atoms with Gasteiger partial charge < -0.3 is 4.74 Å². The van der Waals surface area contributed by atoms with Gasteiger partial charge in [-0.1, -0.05) is 53.5 Å². The second kappa shape index (κ2) is 5.47. The zero-order chi connectivity index (χ0) is 14.1. The van der Waals surface area contributed by atoms with E-state index in [1.807, 2.05) is 37.3 Å². The first kappa shape index (κ1) is 13.5. The fourth-order valence-corrected chi connectivity index (χ4v) is 2.71. The van der Waals surface area contributed by atoms with E-state index in [9.17, 15) is 0 Å². The van der Waals surface area contributed by atoms with Crippen molar-refractivity contribution in [2.24, 2.45) is 4.99 Å². The number of ether oxygens (including phenoxy) is 1. The standard InChI is InChI=1S/C16H13Cl2NO/c1-2-20-16-12-9-14(18)13(17)8-11(12)15(19-16)10-6-4-3-5-7-10/h3-9,15H,2H2,1H3. The molecule has 1 aliphatic rings. The summed E-state index contributed by atoms with van der Waals surface area (Å²) in [5, 5.41) is 1.06. The van der Waals surface area contributed by atoms with Crippen molar-refractivity contribution in [3.63, 3.8) is 0 Å². The lowest BCUT2D eigenvalue weighted by molar-refractivity contribution is 0.328. The van der Waals surface area contributed by atoms with E-state index >= 15 is 0 Å². The molecule has 2 aromatic carbocycles. The van der Waals surface area contributed by atoms with Gasteiger partial charge in [0, 0.05) is 5.56 Å². The normalized spacial score (nSPS) is 16.8. The average Bonchev–Trinajstić information content (AvgIpc) is 2.79. The Hall–Kier alpha value is -1.51. The van der Waals surface area contributed by atoms with E-state index in [4.69, 9.17) is 27.9 Å². The van der Waals surface area contributed by atoms with Crippen molar-refractivity contribution in [1.82, 2.24) is 0 Å². The molecule has 1 heterocycles. The topological polar surface area (TPSA) is 21.6 Å². The lowest BCUT2D eigenvalue weighted by atomic mass is 9.98. The summed E-state index contributed by atoms with van der Waals surface area (Å²) in [7, 11) is 0. The van der Waals surface area contributed by atoms with Gasteiger partial charge in [-0.3, -0.25) is 0 Å². The summed E-state index contributed by atoms with van der Waals surface area (Å²) in [6.45, 7) is 2.51. The zero-order valence-electron chi connectivity index (χ0n) is 10.9. The van der Waals surface area contributed by atoms with Crippen LogP contribution in [0.3, 0.4) is 0 Å². The molecule has 20 heavy (non-hydrogen) atoms. The van der Waals surface area contributed by atoms with Gasteiger partial charge >= 0.3 is 0 Å². The molecule has 0 radical (unpaired) electrons. The number of nitrogens with zero attached hydrogens (tertiary/aromatic N) is 1. The van der Waals surface area contributed by atoms with Gasteiger partial charge in [-0.2, -0.15) is 0 Å². The number of hydrogen-bond acceptors (Lipinski definition) is 2. The highest BCUT2D eigenvalue weighted by molar-refractivity contribution is 6.42. The second-order valence-electron chi connectivity index (χ2n) is 4.53. The van der Waals surface area contributed by atoms with Crippen LogP contribution in [0, 0.1) is 0 Å². The summed E-state index contributed by atoms with van der Waals surface area (Å²) in [6, 6.07) is 13.7. The Morgan fingerprint density at radius 3 is 2.50 bits per heavy atom. The summed E-state index contributed by atoms with van der Waals surface area (Å²) in [5.41, 5.74) is 3.07. The first-order valence-corrected chi connectivity index (χ1v) is 7.21. The minimum Gasteiger partial charge on any atom is -0.478 e. The van der Waals surface area contributed by atoms with Crippen LogP contribution in [0.15, 0.2) is 47.5 Å². The molecule has 0 saturated heterocycles. The van der Waals surface area contributed by atoms with Gasteiger partial charge in [0.2, 0.25) is 5.90 Å². The fourth-order valence-electron chi connectivity index (χ4n) is 2.37. The number of fused-ring (bicyclic) bond motifs is 1. The van der Waals surface area contributed by atoms with Crippen LogP contribution in [0.4, 0.5) is 0 Å². The highest BCUT2D eigenvalue weighted by atomic mass is 35.5. The van der Waals surface area contributed by atoms with Crippen LogP contribution in [0.25, 0.3) is 0 Å². The Labute approximate surface area is 128 Å². The molecule has 0 bridgehead atoms. The SMILES string of the molecule is CCOC1=NC(c2ccccc2)c2cc(Cl)c(Cl)cc21. The van der Waals surface area contributed by atoms with Gasteiger partial charge in [-0.25, -0.2) is 4.99 Å². The number of rotatable bonds is 2. The average molecular weight is 306 g/mol. The maximum absolute atomic E-state index is 6.15. The Bertz CT molecular complexity index is 668. The van der Waals surface area contributed by atoms with Crippen molar-refractivity contribution in [2.45, 2.75) is 13.0 Å². The summed E-state index contributed by atoms with van der Waals surface area (Å²) in [5.74, 6) is 0.634. The quantitative estimate of drug-likeness (QED) is 0.775. The van der Waals surface area contributed by atoms with Crippen LogP contribution in [-0.2, 0) is 4.74 Å². The van der Waals surface area contributed by atoms with Crippen molar-refractivity contribution in [3.8, 4) is 0 Å². The fraction of sp³-hybridized carbons (Fsp3) is 0.188. The molecule has 0 saturated carbocycles. The molecule has 0 aromatic heterocycles. The molecular weight excluding hydrogens is 293 g/mol. The molecule has 0 fully saturated rings. The third-order valence-electron chi connectivity index (χ3n) is 3.26. The Morgan fingerprint density at radius 2 is 1.80 bits per heavy atom. The molecule has 0 spiro atoms. The van der Waals surface area contributed by atoms with Gasteiger partial charge in [0.25, 0.3) is 0 Å². The summed E-state index contributed by atoms with van der Waals surface area (Å²) in [4.78, 5) is 4.68. The lowest BCUT2D eigenvalue weighted by Crippen LogP contribution is -2.03. The number of hydrogen-bond donors (Lipinski definition) is 0. The Morgan fingerprint density at radius 1 is 1.10 bits per heavy atom. The maximum atomic E-state index is 6.15. The predicted octanol–water partition coefficient (Wildman–Crippen LogP) is 4.88. The molecule has 2 nitrogen and oxygen atoms in total. The monoisotopic (exact) mass is 305 g/mol. The summed E-state index contributed by atoms with van der Waals surface area (Å²) < 4.78 is 5.62. The van der Waals surface area contributed by atoms with Crippen LogP contribution in [0.5, 0.6) is 0 Å². The smallest absolute Gasteiger partial charge is 0.217 e. The Balaban J connectivity index is 2.13. The van der Waals surface area contributed by atoms with Gasteiger partial charge in [-0.05, 0) is 30.2 Å². The van der Waals surface area contributed by atoms with Crippen LogP contribution >= 0.6 is 23.2 Å². The molecule has 1 unspecified atom stereocenters. The van der Waals surface area contributed by atoms with Crippen molar-refractivity contribution < 1.29 is 4.74 Å². The largest absolute Gasteiger partial charge is 0.478 e. The maximum Gasteiger partial charge on any atom is 0.217 e.